The average molecular weight is 282 g/mol. The van der Waals surface area contributed by atoms with Gasteiger partial charge in [-0.2, -0.15) is 0 Å². The summed E-state index contributed by atoms with van der Waals surface area (Å²) in [5.41, 5.74) is -0.230. The van der Waals surface area contributed by atoms with Crippen molar-refractivity contribution in [3.05, 3.63) is 22.4 Å². The second kappa shape index (κ2) is 6.06. The van der Waals surface area contributed by atoms with Gasteiger partial charge in [-0.15, -0.1) is 11.3 Å². The van der Waals surface area contributed by atoms with Gasteiger partial charge in [0.05, 0.1) is 13.0 Å². The molecule has 0 radical (unpaired) electrons. The van der Waals surface area contributed by atoms with Gasteiger partial charge in [0.15, 0.2) is 0 Å². The number of nitrogens with one attached hydrogen (secondary N) is 2. The van der Waals surface area contributed by atoms with Crippen molar-refractivity contribution in [2.75, 3.05) is 6.54 Å². The minimum Gasteiger partial charge on any atom is -0.481 e. The van der Waals surface area contributed by atoms with Crippen LogP contribution in [0.25, 0.3) is 0 Å². The highest BCUT2D eigenvalue weighted by Crippen LogP contribution is 2.43. The topological polar surface area (TPSA) is 78.4 Å². The molecule has 104 valence electrons. The summed E-state index contributed by atoms with van der Waals surface area (Å²) in [7, 11) is 0. The maximum atomic E-state index is 11.6. The van der Waals surface area contributed by atoms with Crippen LogP contribution in [0.2, 0.25) is 0 Å². The van der Waals surface area contributed by atoms with E-state index in [-0.39, 0.29) is 17.9 Å². The first kappa shape index (κ1) is 13.9. The first-order valence-electron chi connectivity index (χ1n) is 6.36. The number of amides is 2. The number of carbonyl (C=O) groups is 2. The first-order chi connectivity index (χ1) is 9.10. The number of urea groups is 1. The van der Waals surface area contributed by atoms with E-state index in [1.54, 1.807) is 11.3 Å². The number of thiophene rings is 1. The van der Waals surface area contributed by atoms with Crippen molar-refractivity contribution in [2.45, 2.75) is 32.2 Å². The van der Waals surface area contributed by atoms with E-state index in [1.165, 1.54) is 0 Å². The van der Waals surface area contributed by atoms with E-state index in [4.69, 9.17) is 5.11 Å². The molecule has 1 aliphatic rings. The van der Waals surface area contributed by atoms with Gasteiger partial charge in [0.25, 0.3) is 0 Å². The Labute approximate surface area is 116 Å². The normalized spacial score (nSPS) is 16.4. The van der Waals surface area contributed by atoms with Gasteiger partial charge in [0.1, 0.15) is 0 Å². The van der Waals surface area contributed by atoms with Crippen LogP contribution in [0.5, 0.6) is 0 Å². The molecule has 0 aromatic carbocycles. The molecule has 1 fully saturated rings. The summed E-state index contributed by atoms with van der Waals surface area (Å²) >= 11 is 1.59. The predicted octanol–water partition coefficient (Wildman–Crippen LogP) is 2.19. The number of aliphatic carboxylic acids is 1. The maximum Gasteiger partial charge on any atom is 0.315 e. The van der Waals surface area contributed by atoms with Crippen LogP contribution in [0.15, 0.2) is 17.5 Å². The summed E-state index contributed by atoms with van der Waals surface area (Å²) < 4.78 is 0. The van der Waals surface area contributed by atoms with E-state index in [0.717, 1.165) is 24.1 Å². The second-order valence-electron chi connectivity index (χ2n) is 5.04. The third-order valence-electron chi connectivity index (χ3n) is 3.57. The lowest BCUT2D eigenvalue weighted by Gasteiger charge is -2.40. The molecule has 0 unspecified atom stereocenters. The Morgan fingerprint density at radius 3 is 2.68 bits per heavy atom. The molecule has 1 aromatic rings. The highest BCUT2D eigenvalue weighted by atomic mass is 32.1. The lowest BCUT2D eigenvalue weighted by Crippen LogP contribution is -2.46. The van der Waals surface area contributed by atoms with Crippen molar-refractivity contribution in [3.8, 4) is 0 Å². The Bertz CT molecular complexity index is 441. The van der Waals surface area contributed by atoms with E-state index >= 15 is 0 Å². The monoisotopic (exact) mass is 282 g/mol. The molecular weight excluding hydrogens is 264 g/mol. The number of hydrogen-bond donors (Lipinski definition) is 3. The van der Waals surface area contributed by atoms with Crippen molar-refractivity contribution >= 4 is 23.3 Å². The van der Waals surface area contributed by atoms with Crippen LogP contribution in [-0.2, 0) is 11.3 Å². The quantitative estimate of drug-likeness (QED) is 0.748. The molecule has 1 saturated carbocycles. The van der Waals surface area contributed by atoms with Crippen molar-refractivity contribution in [1.29, 1.82) is 0 Å². The van der Waals surface area contributed by atoms with Gasteiger partial charge < -0.3 is 15.7 Å². The van der Waals surface area contributed by atoms with E-state index in [1.807, 2.05) is 17.5 Å². The summed E-state index contributed by atoms with van der Waals surface area (Å²) in [6.45, 7) is 0.949. The molecular formula is C13H18N2O3S. The maximum absolute atomic E-state index is 11.6. The zero-order valence-electron chi connectivity index (χ0n) is 10.6. The van der Waals surface area contributed by atoms with E-state index < -0.39 is 5.97 Å². The molecule has 19 heavy (non-hydrogen) atoms. The van der Waals surface area contributed by atoms with Gasteiger partial charge in [-0.25, -0.2) is 4.79 Å². The van der Waals surface area contributed by atoms with Gasteiger partial charge in [-0.3, -0.25) is 4.79 Å². The van der Waals surface area contributed by atoms with Crippen LogP contribution in [-0.4, -0.2) is 23.7 Å². The summed E-state index contributed by atoms with van der Waals surface area (Å²) in [5.74, 6) is -0.791. The molecule has 0 spiro atoms. The lowest BCUT2D eigenvalue weighted by atomic mass is 9.66. The van der Waals surface area contributed by atoms with E-state index in [0.29, 0.717) is 13.1 Å². The molecule has 1 aromatic heterocycles. The van der Waals surface area contributed by atoms with Crippen molar-refractivity contribution in [1.82, 2.24) is 10.6 Å². The van der Waals surface area contributed by atoms with E-state index in [9.17, 15) is 9.59 Å². The van der Waals surface area contributed by atoms with Gasteiger partial charge in [-0.05, 0) is 29.7 Å². The van der Waals surface area contributed by atoms with Gasteiger partial charge in [0, 0.05) is 11.4 Å². The number of carbonyl (C=O) groups excluding carboxylic acids is 1. The van der Waals surface area contributed by atoms with Crippen LogP contribution in [0.3, 0.4) is 0 Å². The molecule has 2 rings (SSSR count). The largest absolute Gasteiger partial charge is 0.481 e. The standard InChI is InChI=1S/C13H18N2O3S/c16-11(17)7-13(4-2-5-13)9-15-12(18)14-8-10-3-1-6-19-10/h1,3,6H,2,4-5,7-9H2,(H,16,17)(H2,14,15,18). The molecule has 3 N–H and O–H groups in total. The fourth-order valence-electron chi connectivity index (χ4n) is 2.32. The molecule has 2 amide bonds. The van der Waals surface area contributed by atoms with Crippen LogP contribution in [0.4, 0.5) is 4.79 Å². The van der Waals surface area contributed by atoms with Crippen molar-refractivity contribution < 1.29 is 14.7 Å². The van der Waals surface area contributed by atoms with Crippen LogP contribution < -0.4 is 10.6 Å². The Balaban J connectivity index is 1.72. The summed E-state index contributed by atoms with van der Waals surface area (Å²) in [6.07, 6.45) is 2.94. The lowest BCUT2D eigenvalue weighted by molar-refractivity contribution is -0.141. The molecule has 1 aliphatic carbocycles. The molecule has 1 heterocycles. The molecule has 0 bridgehead atoms. The van der Waals surface area contributed by atoms with E-state index in [2.05, 4.69) is 10.6 Å². The smallest absolute Gasteiger partial charge is 0.315 e. The minimum atomic E-state index is -0.791. The second-order valence-corrected chi connectivity index (χ2v) is 6.07. The van der Waals surface area contributed by atoms with Crippen LogP contribution in [0, 0.1) is 5.41 Å². The fourth-order valence-corrected chi connectivity index (χ4v) is 2.97. The Hall–Kier alpha value is -1.56. The molecule has 0 atom stereocenters. The van der Waals surface area contributed by atoms with Gasteiger partial charge in [-0.1, -0.05) is 12.5 Å². The zero-order valence-corrected chi connectivity index (χ0v) is 11.5. The van der Waals surface area contributed by atoms with Crippen molar-refractivity contribution in [2.24, 2.45) is 5.41 Å². The SMILES string of the molecule is O=C(O)CC1(CNC(=O)NCc2cccs2)CCC1. The average Bonchev–Trinajstić information content (AvgIpc) is 2.82. The highest BCUT2D eigenvalue weighted by Gasteiger charge is 2.39. The van der Waals surface area contributed by atoms with Crippen LogP contribution >= 0.6 is 11.3 Å². The summed E-state index contributed by atoms with van der Waals surface area (Å²) in [4.78, 5) is 23.5. The van der Waals surface area contributed by atoms with Crippen LogP contribution in [0.1, 0.15) is 30.6 Å². The third kappa shape index (κ3) is 3.96. The number of carboxylic acids is 1. The van der Waals surface area contributed by atoms with Gasteiger partial charge in [0.2, 0.25) is 0 Å². The number of rotatable bonds is 6. The Morgan fingerprint density at radius 1 is 1.37 bits per heavy atom. The molecule has 6 heteroatoms. The molecule has 0 aliphatic heterocycles. The number of hydrogen-bond acceptors (Lipinski definition) is 3. The fraction of sp³-hybridized carbons (Fsp3) is 0.538. The summed E-state index contributed by atoms with van der Waals surface area (Å²) in [5, 5.41) is 16.4. The highest BCUT2D eigenvalue weighted by molar-refractivity contribution is 7.09. The summed E-state index contributed by atoms with van der Waals surface area (Å²) in [6, 6.07) is 3.67. The van der Waals surface area contributed by atoms with Crippen molar-refractivity contribution in [3.63, 3.8) is 0 Å². The number of carboxylic acid groups (broad SMARTS) is 1. The third-order valence-corrected chi connectivity index (χ3v) is 4.44. The first-order valence-corrected chi connectivity index (χ1v) is 7.24. The zero-order chi connectivity index (χ0) is 13.7. The predicted molar refractivity (Wildman–Crippen MR) is 73.1 cm³/mol. The molecule has 0 saturated heterocycles. The molecule has 5 nitrogen and oxygen atoms in total. The minimum absolute atomic E-state index is 0.137. The van der Waals surface area contributed by atoms with Gasteiger partial charge >= 0.3 is 12.0 Å². The Morgan fingerprint density at radius 2 is 2.16 bits per heavy atom. The Kier molecular flexibility index (Phi) is 4.42.